The summed E-state index contributed by atoms with van der Waals surface area (Å²) in [7, 11) is 0. The van der Waals surface area contributed by atoms with Crippen molar-refractivity contribution in [3.63, 3.8) is 0 Å². The van der Waals surface area contributed by atoms with Gasteiger partial charge in [-0.1, -0.05) is 18.2 Å². The smallest absolute Gasteiger partial charge is 0.327 e. The van der Waals surface area contributed by atoms with Crippen molar-refractivity contribution in [3.05, 3.63) is 36.0 Å². The minimum Gasteiger partial charge on any atom is -0.480 e. The van der Waals surface area contributed by atoms with Crippen LogP contribution in [0.4, 0.5) is 0 Å². The van der Waals surface area contributed by atoms with Gasteiger partial charge in [-0.15, -0.1) is 0 Å². The molecule has 0 aliphatic carbocycles. The monoisotopic (exact) mass is 461 g/mol. The Morgan fingerprint density at radius 2 is 1.94 bits per heavy atom. The summed E-state index contributed by atoms with van der Waals surface area (Å²) < 4.78 is 0. The molecule has 3 atom stereocenters. The maximum atomic E-state index is 12.9. The van der Waals surface area contributed by atoms with Crippen molar-refractivity contribution in [2.75, 3.05) is 18.8 Å². The molecule has 0 radical (unpaired) electrons. The number of fused-ring (bicyclic) bond motifs is 1. The molecule has 3 rings (SSSR count). The highest BCUT2D eigenvalue weighted by Gasteiger charge is 2.28. The Morgan fingerprint density at radius 1 is 1.16 bits per heavy atom. The lowest BCUT2D eigenvalue weighted by Gasteiger charge is -2.21. The fourth-order valence-electron chi connectivity index (χ4n) is 3.63. The number of thiol groups is 1. The van der Waals surface area contributed by atoms with Gasteiger partial charge in [0.05, 0.1) is 12.6 Å². The zero-order valence-electron chi connectivity index (χ0n) is 17.4. The maximum Gasteiger partial charge on any atom is 0.327 e. The van der Waals surface area contributed by atoms with E-state index in [9.17, 15) is 19.2 Å². The van der Waals surface area contributed by atoms with E-state index in [4.69, 9.17) is 5.11 Å². The molecule has 3 amide bonds. The van der Waals surface area contributed by atoms with Gasteiger partial charge in [-0.3, -0.25) is 14.4 Å². The second-order valence-corrected chi connectivity index (χ2v) is 8.00. The van der Waals surface area contributed by atoms with E-state index in [1.165, 1.54) is 0 Å². The quantitative estimate of drug-likeness (QED) is 0.238. The minimum atomic E-state index is -1.21. The molecule has 0 saturated carbocycles. The minimum absolute atomic E-state index is 0.0807. The molecule has 6 N–H and O–H groups in total. The molecule has 1 fully saturated rings. The van der Waals surface area contributed by atoms with Crippen molar-refractivity contribution in [1.82, 2.24) is 26.3 Å². The molecule has 1 aromatic carbocycles. The molecule has 2 aromatic rings. The number of aromatic amines is 1. The molecule has 1 saturated heterocycles. The van der Waals surface area contributed by atoms with E-state index in [-0.39, 0.29) is 24.1 Å². The van der Waals surface area contributed by atoms with E-state index >= 15 is 0 Å². The summed E-state index contributed by atoms with van der Waals surface area (Å²) in [6.07, 6.45) is 3.59. The predicted molar refractivity (Wildman–Crippen MR) is 121 cm³/mol. The number of H-pyrrole nitrogens is 1. The van der Waals surface area contributed by atoms with Gasteiger partial charge in [0.15, 0.2) is 0 Å². The molecule has 1 aliphatic heterocycles. The average molecular weight is 462 g/mol. The van der Waals surface area contributed by atoms with Gasteiger partial charge in [0.1, 0.15) is 12.1 Å². The second kappa shape index (κ2) is 11.0. The third kappa shape index (κ3) is 6.01. The first-order valence-electron chi connectivity index (χ1n) is 10.4. The molecule has 10 nitrogen and oxygen atoms in total. The van der Waals surface area contributed by atoms with Crippen LogP contribution in [0, 0.1) is 0 Å². The van der Waals surface area contributed by atoms with Crippen LogP contribution < -0.4 is 21.3 Å². The summed E-state index contributed by atoms with van der Waals surface area (Å²) in [5, 5.41) is 20.6. The second-order valence-electron chi connectivity index (χ2n) is 7.63. The number of amides is 3. The van der Waals surface area contributed by atoms with Crippen molar-refractivity contribution in [2.24, 2.45) is 0 Å². The van der Waals surface area contributed by atoms with Gasteiger partial charge in [-0.05, 0) is 31.0 Å². The summed E-state index contributed by atoms with van der Waals surface area (Å²) in [5.41, 5.74) is 1.77. The molecule has 0 bridgehead atoms. The lowest BCUT2D eigenvalue weighted by Crippen LogP contribution is -2.54. The standard InChI is InChI=1S/C21H27N5O5S/c27-18(25-17(11-32)21(30)31)10-24-19(28)16(26-20(29)15-6-3-7-22-15)8-12-9-23-14-5-2-1-4-13(12)14/h1-2,4-5,9,15-17,22-23,32H,3,6-8,10-11H2,(H,24,28)(H,25,27)(H,26,29)(H,30,31). The molecule has 1 aliphatic rings. The largest absolute Gasteiger partial charge is 0.480 e. The van der Waals surface area contributed by atoms with Gasteiger partial charge in [-0.2, -0.15) is 12.6 Å². The Morgan fingerprint density at radius 3 is 2.62 bits per heavy atom. The fourth-order valence-corrected chi connectivity index (χ4v) is 3.88. The van der Waals surface area contributed by atoms with Crippen molar-refractivity contribution < 1.29 is 24.3 Å². The number of carbonyl (C=O) groups is 4. The van der Waals surface area contributed by atoms with Crippen molar-refractivity contribution >= 4 is 47.2 Å². The van der Waals surface area contributed by atoms with E-state index in [1.54, 1.807) is 6.20 Å². The normalized spacial score (nSPS) is 17.5. The molecule has 2 heterocycles. The van der Waals surface area contributed by atoms with Crippen LogP contribution in [0.2, 0.25) is 0 Å². The van der Waals surface area contributed by atoms with Crippen molar-refractivity contribution in [3.8, 4) is 0 Å². The number of nitrogens with one attached hydrogen (secondary N) is 5. The average Bonchev–Trinajstić information content (AvgIpc) is 3.45. The highest BCUT2D eigenvalue weighted by Crippen LogP contribution is 2.19. The van der Waals surface area contributed by atoms with E-state index < -0.39 is 36.4 Å². The lowest BCUT2D eigenvalue weighted by molar-refractivity contribution is -0.141. The van der Waals surface area contributed by atoms with Crippen molar-refractivity contribution in [1.29, 1.82) is 0 Å². The molecule has 1 aromatic heterocycles. The van der Waals surface area contributed by atoms with Gasteiger partial charge < -0.3 is 31.4 Å². The molecule has 3 unspecified atom stereocenters. The zero-order valence-corrected chi connectivity index (χ0v) is 18.3. The van der Waals surface area contributed by atoms with Gasteiger partial charge in [0.2, 0.25) is 17.7 Å². The number of rotatable bonds is 10. The third-order valence-corrected chi connectivity index (χ3v) is 5.71. The highest BCUT2D eigenvalue weighted by atomic mass is 32.1. The first-order valence-corrected chi connectivity index (χ1v) is 11.0. The van der Waals surface area contributed by atoms with Crippen LogP contribution in [0.1, 0.15) is 18.4 Å². The number of hydrogen-bond donors (Lipinski definition) is 7. The number of para-hydroxylation sites is 1. The van der Waals surface area contributed by atoms with Gasteiger partial charge in [0, 0.05) is 29.3 Å². The third-order valence-electron chi connectivity index (χ3n) is 5.35. The van der Waals surface area contributed by atoms with Crippen LogP contribution in [-0.4, -0.2) is 70.7 Å². The van der Waals surface area contributed by atoms with Crippen LogP contribution in [0.3, 0.4) is 0 Å². The van der Waals surface area contributed by atoms with Crippen LogP contribution in [-0.2, 0) is 25.6 Å². The van der Waals surface area contributed by atoms with E-state index in [2.05, 4.69) is 38.9 Å². The number of carboxylic acid groups (broad SMARTS) is 1. The molecular formula is C21H27N5O5S. The Bertz CT molecular complexity index is 988. The predicted octanol–water partition coefficient (Wildman–Crippen LogP) is -0.437. The van der Waals surface area contributed by atoms with E-state index in [1.807, 2.05) is 24.3 Å². The molecule has 172 valence electrons. The Labute approximate surface area is 190 Å². The van der Waals surface area contributed by atoms with Gasteiger partial charge in [0.25, 0.3) is 0 Å². The number of carbonyl (C=O) groups excluding carboxylic acids is 3. The maximum absolute atomic E-state index is 12.9. The number of aromatic nitrogens is 1. The van der Waals surface area contributed by atoms with Crippen LogP contribution in [0.15, 0.2) is 30.5 Å². The topological polar surface area (TPSA) is 152 Å². The number of hydrogen-bond acceptors (Lipinski definition) is 6. The van der Waals surface area contributed by atoms with Gasteiger partial charge in [-0.25, -0.2) is 4.79 Å². The van der Waals surface area contributed by atoms with Crippen LogP contribution in [0.5, 0.6) is 0 Å². The van der Waals surface area contributed by atoms with Gasteiger partial charge >= 0.3 is 5.97 Å². The summed E-state index contributed by atoms with van der Waals surface area (Å²) in [4.78, 5) is 51.7. The summed E-state index contributed by atoms with van der Waals surface area (Å²) >= 11 is 3.89. The highest BCUT2D eigenvalue weighted by molar-refractivity contribution is 7.80. The van der Waals surface area contributed by atoms with Crippen molar-refractivity contribution in [2.45, 2.75) is 37.4 Å². The fraction of sp³-hybridized carbons (Fsp3) is 0.429. The lowest BCUT2D eigenvalue weighted by atomic mass is 10.0. The molecular weight excluding hydrogens is 434 g/mol. The number of carboxylic acids is 1. The van der Waals surface area contributed by atoms with Crippen LogP contribution >= 0.6 is 12.6 Å². The van der Waals surface area contributed by atoms with Crippen LogP contribution in [0.25, 0.3) is 10.9 Å². The zero-order chi connectivity index (χ0) is 23.1. The Balaban J connectivity index is 1.68. The number of aliphatic carboxylic acids is 1. The summed E-state index contributed by atoms with van der Waals surface area (Å²) in [5.74, 6) is -2.76. The number of benzene rings is 1. The first-order chi connectivity index (χ1) is 15.4. The summed E-state index contributed by atoms with van der Waals surface area (Å²) in [6, 6.07) is 5.21. The Hall–Kier alpha value is -3.05. The molecule has 11 heteroatoms. The van der Waals surface area contributed by atoms with E-state index in [0.29, 0.717) is 6.42 Å². The SMILES string of the molecule is O=C(CNC(=O)C(Cc1c[nH]c2ccccc12)NC(=O)C1CCCN1)NC(CS)C(=O)O. The summed E-state index contributed by atoms with van der Waals surface area (Å²) in [6.45, 7) is 0.325. The Kier molecular flexibility index (Phi) is 8.12. The first kappa shape index (κ1) is 23.6. The molecule has 32 heavy (non-hydrogen) atoms. The van der Waals surface area contributed by atoms with E-state index in [0.717, 1.165) is 29.4 Å². The molecule has 0 spiro atoms.